The topological polar surface area (TPSA) is 71.3 Å². The minimum Gasteiger partial charge on any atom is -0.491 e. The summed E-state index contributed by atoms with van der Waals surface area (Å²) in [6.07, 6.45) is 3.17. The van der Waals surface area contributed by atoms with Gasteiger partial charge in [0, 0.05) is 11.8 Å². The van der Waals surface area contributed by atoms with Crippen LogP contribution in [0.5, 0.6) is 11.5 Å². The minimum atomic E-state index is -0.506. The normalized spacial score (nSPS) is 11.0. The molecule has 2 aromatic carbocycles. The number of nitriles is 1. The first-order valence-corrected chi connectivity index (χ1v) is 10.3. The highest BCUT2D eigenvalue weighted by Crippen LogP contribution is 2.35. The van der Waals surface area contributed by atoms with E-state index in [4.69, 9.17) is 9.47 Å². The lowest BCUT2D eigenvalue weighted by Gasteiger charge is -2.11. The molecule has 2 aromatic rings. The van der Waals surface area contributed by atoms with Crippen molar-refractivity contribution < 1.29 is 14.3 Å². The SMILES string of the molecule is C=CCOc1c(Br)cc(/C=C(\C#N)C(=O)Nc2cccc(OC(C)C)c2)cc1Br. The van der Waals surface area contributed by atoms with Crippen LogP contribution in [0, 0.1) is 11.3 Å². The van der Waals surface area contributed by atoms with Crippen LogP contribution < -0.4 is 14.8 Å². The molecular formula is C22H20Br2N2O3. The molecule has 150 valence electrons. The van der Waals surface area contributed by atoms with E-state index < -0.39 is 5.91 Å². The summed E-state index contributed by atoms with van der Waals surface area (Å²) in [7, 11) is 0. The highest BCUT2D eigenvalue weighted by Gasteiger charge is 2.13. The van der Waals surface area contributed by atoms with Gasteiger partial charge >= 0.3 is 0 Å². The molecule has 0 bridgehead atoms. The van der Waals surface area contributed by atoms with Crippen LogP contribution in [0.3, 0.4) is 0 Å². The quantitative estimate of drug-likeness (QED) is 0.259. The highest BCUT2D eigenvalue weighted by atomic mass is 79.9. The average Bonchev–Trinajstić information content (AvgIpc) is 2.65. The largest absolute Gasteiger partial charge is 0.491 e. The van der Waals surface area contributed by atoms with Gasteiger partial charge < -0.3 is 14.8 Å². The summed E-state index contributed by atoms with van der Waals surface area (Å²) in [6, 6.07) is 12.5. The molecule has 0 fully saturated rings. The number of hydrogen-bond donors (Lipinski definition) is 1. The molecule has 0 heterocycles. The molecule has 5 nitrogen and oxygen atoms in total. The molecule has 0 spiro atoms. The van der Waals surface area contributed by atoms with Crippen LogP contribution in [-0.4, -0.2) is 18.6 Å². The molecule has 0 radical (unpaired) electrons. The number of benzene rings is 2. The zero-order valence-electron chi connectivity index (χ0n) is 16.0. The van der Waals surface area contributed by atoms with Gasteiger partial charge in [0.15, 0.2) is 0 Å². The van der Waals surface area contributed by atoms with E-state index in [2.05, 4.69) is 43.8 Å². The number of rotatable bonds is 8. The zero-order chi connectivity index (χ0) is 21.4. The number of ether oxygens (including phenoxy) is 2. The summed E-state index contributed by atoms with van der Waals surface area (Å²) in [4.78, 5) is 12.6. The summed E-state index contributed by atoms with van der Waals surface area (Å²) in [5.41, 5.74) is 1.18. The van der Waals surface area contributed by atoms with E-state index in [1.807, 2.05) is 26.0 Å². The molecule has 1 N–H and O–H groups in total. The third-order valence-electron chi connectivity index (χ3n) is 3.51. The van der Waals surface area contributed by atoms with Gasteiger partial charge in [-0.25, -0.2) is 0 Å². The molecule has 7 heteroatoms. The lowest BCUT2D eigenvalue weighted by molar-refractivity contribution is -0.112. The van der Waals surface area contributed by atoms with Crippen molar-refractivity contribution in [1.82, 2.24) is 0 Å². The number of carbonyl (C=O) groups excluding carboxylic acids is 1. The van der Waals surface area contributed by atoms with E-state index in [0.29, 0.717) is 38.3 Å². The Bertz CT molecular complexity index is 955. The van der Waals surface area contributed by atoms with Gasteiger partial charge in [-0.2, -0.15) is 5.26 Å². The van der Waals surface area contributed by atoms with Gasteiger partial charge in [0.2, 0.25) is 0 Å². The van der Waals surface area contributed by atoms with Crippen molar-refractivity contribution in [2.24, 2.45) is 0 Å². The van der Waals surface area contributed by atoms with Crippen LogP contribution in [0.1, 0.15) is 19.4 Å². The van der Waals surface area contributed by atoms with Crippen LogP contribution in [0.2, 0.25) is 0 Å². The standard InChI is InChI=1S/C22H20Br2N2O3/c1-4-8-28-21-19(23)10-15(11-20(21)24)9-16(13-25)22(27)26-17-6-5-7-18(12-17)29-14(2)3/h4-7,9-12,14H,1,8H2,2-3H3,(H,26,27)/b16-9+. The van der Waals surface area contributed by atoms with Crippen LogP contribution in [0.25, 0.3) is 6.08 Å². The fraction of sp³-hybridized carbons (Fsp3) is 0.182. The Kier molecular flexibility index (Phi) is 8.50. The lowest BCUT2D eigenvalue weighted by Crippen LogP contribution is -2.13. The first-order chi connectivity index (χ1) is 13.8. The van der Waals surface area contributed by atoms with Gasteiger partial charge in [-0.05, 0) is 81.6 Å². The summed E-state index contributed by atoms with van der Waals surface area (Å²) in [6.45, 7) is 7.83. The van der Waals surface area contributed by atoms with Crippen molar-refractivity contribution in [1.29, 1.82) is 5.26 Å². The van der Waals surface area contributed by atoms with E-state index in [1.165, 1.54) is 6.08 Å². The van der Waals surface area contributed by atoms with E-state index in [9.17, 15) is 10.1 Å². The van der Waals surface area contributed by atoms with E-state index in [1.54, 1.807) is 36.4 Å². The number of halogens is 2. The first kappa shape index (κ1) is 22.7. The Labute approximate surface area is 187 Å². The molecule has 0 aliphatic rings. The van der Waals surface area contributed by atoms with Crippen molar-refractivity contribution in [3.63, 3.8) is 0 Å². The maximum Gasteiger partial charge on any atom is 0.266 e. The smallest absolute Gasteiger partial charge is 0.266 e. The molecule has 0 atom stereocenters. The lowest BCUT2D eigenvalue weighted by atomic mass is 10.1. The second-order valence-electron chi connectivity index (χ2n) is 6.23. The van der Waals surface area contributed by atoms with Crippen molar-refractivity contribution in [3.8, 4) is 17.6 Å². The summed E-state index contributed by atoms with van der Waals surface area (Å²) < 4.78 is 12.6. The Morgan fingerprint density at radius 1 is 1.28 bits per heavy atom. The zero-order valence-corrected chi connectivity index (χ0v) is 19.2. The molecule has 0 saturated carbocycles. The predicted molar refractivity (Wildman–Crippen MR) is 122 cm³/mol. The Balaban J connectivity index is 2.22. The first-order valence-electron chi connectivity index (χ1n) is 8.76. The highest BCUT2D eigenvalue weighted by molar-refractivity contribution is 9.11. The Morgan fingerprint density at radius 3 is 2.55 bits per heavy atom. The van der Waals surface area contributed by atoms with Crippen LogP contribution in [0.15, 0.2) is 63.6 Å². The van der Waals surface area contributed by atoms with Crippen molar-refractivity contribution in [2.75, 3.05) is 11.9 Å². The number of nitrogens with zero attached hydrogens (tertiary/aromatic N) is 1. The molecule has 0 saturated heterocycles. The van der Waals surface area contributed by atoms with Gasteiger partial charge in [0.1, 0.15) is 29.7 Å². The second-order valence-corrected chi connectivity index (χ2v) is 7.94. The number of anilines is 1. The van der Waals surface area contributed by atoms with Gasteiger partial charge in [-0.3, -0.25) is 4.79 Å². The number of hydrogen-bond acceptors (Lipinski definition) is 4. The van der Waals surface area contributed by atoms with Crippen LogP contribution >= 0.6 is 31.9 Å². The van der Waals surface area contributed by atoms with Crippen molar-refractivity contribution in [3.05, 3.63) is 69.1 Å². The van der Waals surface area contributed by atoms with E-state index in [-0.39, 0.29) is 11.7 Å². The minimum absolute atomic E-state index is 0.0193. The number of amides is 1. The number of nitrogens with one attached hydrogen (secondary N) is 1. The predicted octanol–water partition coefficient (Wildman–Crippen LogP) is 6.11. The Hall–Kier alpha value is -2.56. The maximum absolute atomic E-state index is 12.6. The van der Waals surface area contributed by atoms with Crippen molar-refractivity contribution >= 4 is 49.5 Å². The molecule has 0 aliphatic heterocycles. The summed E-state index contributed by atoms with van der Waals surface area (Å²) in [5, 5.41) is 12.2. The van der Waals surface area contributed by atoms with Gasteiger partial charge in [0.05, 0.1) is 15.0 Å². The molecule has 1 amide bonds. The molecule has 0 aromatic heterocycles. The number of carbonyl (C=O) groups is 1. The molecular weight excluding hydrogens is 500 g/mol. The third-order valence-corrected chi connectivity index (χ3v) is 4.68. The van der Waals surface area contributed by atoms with Crippen molar-refractivity contribution in [2.45, 2.75) is 20.0 Å². The van der Waals surface area contributed by atoms with E-state index >= 15 is 0 Å². The fourth-order valence-corrected chi connectivity index (χ4v) is 3.83. The van der Waals surface area contributed by atoms with Gasteiger partial charge in [-0.15, -0.1) is 0 Å². The van der Waals surface area contributed by atoms with Crippen LogP contribution in [0.4, 0.5) is 5.69 Å². The summed E-state index contributed by atoms with van der Waals surface area (Å²) >= 11 is 6.88. The maximum atomic E-state index is 12.6. The molecule has 0 unspecified atom stereocenters. The average molecular weight is 520 g/mol. The second kappa shape index (κ2) is 10.8. The summed E-state index contributed by atoms with van der Waals surface area (Å²) in [5.74, 6) is 0.753. The van der Waals surface area contributed by atoms with Gasteiger partial charge in [-0.1, -0.05) is 18.7 Å². The molecule has 0 aliphatic carbocycles. The fourth-order valence-electron chi connectivity index (χ4n) is 2.38. The molecule has 2 rings (SSSR count). The van der Waals surface area contributed by atoms with Gasteiger partial charge in [0.25, 0.3) is 5.91 Å². The van der Waals surface area contributed by atoms with Crippen LogP contribution in [-0.2, 0) is 4.79 Å². The van der Waals surface area contributed by atoms with E-state index in [0.717, 1.165) is 0 Å². The monoisotopic (exact) mass is 518 g/mol. The Morgan fingerprint density at radius 2 is 1.97 bits per heavy atom. The molecule has 29 heavy (non-hydrogen) atoms. The third kappa shape index (κ3) is 6.77.